The highest BCUT2D eigenvalue weighted by atomic mass is 16.6. The van der Waals surface area contributed by atoms with Crippen molar-refractivity contribution >= 4 is 11.9 Å². The van der Waals surface area contributed by atoms with Crippen molar-refractivity contribution in [1.29, 1.82) is 0 Å². The van der Waals surface area contributed by atoms with Gasteiger partial charge in [0, 0.05) is 20.3 Å². The summed E-state index contributed by atoms with van der Waals surface area (Å²) in [5.74, 6) is -0.750. The standard InChI is InChI=1S/C11H18O5/c1-4-9-5-10(15-7(2)12)11(6-14-9)16-8(3)13/h9-11H,4-6H2,1-3H3. The Bertz CT molecular complexity index is 263. The fraction of sp³-hybridized carbons (Fsp3) is 0.818. The number of ether oxygens (including phenoxy) is 3. The second-order valence-electron chi connectivity index (χ2n) is 3.90. The first-order valence-electron chi connectivity index (χ1n) is 5.49. The molecule has 0 spiro atoms. The largest absolute Gasteiger partial charge is 0.458 e. The molecular weight excluding hydrogens is 212 g/mol. The van der Waals surface area contributed by atoms with Crippen LogP contribution in [0.25, 0.3) is 0 Å². The predicted octanol–water partition coefficient (Wildman–Crippen LogP) is 1.05. The van der Waals surface area contributed by atoms with Gasteiger partial charge >= 0.3 is 11.9 Å². The third kappa shape index (κ3) is 3.81. The molecule has 5 nitrogen and oxygen atoms in total. The summed E-state index contributed by atoms with van der Waals surface area (Å²) in [5, 5.41) is 0. The number of carbonyl (C=O) groups is 2. The summed E-state index contributed by atoms with van der Waals surface area (Å²) in [5.41, 5.74) is 0. The SMILES string of the molecule is CCC1CC(OC(C)=O)C(OC(C)=O)CO1. The highest BCUT2D eigenvalue weighted by molar-refractivity contribution is 5.67. The molecule has 1 saturated heterocycles. The average Bonchev–Trinajstić information content (AvgIpc) is 2.19. The zero-order valence-electron chi connectivity index (χ0n) is 9.89. The summed E-state index contributed by atoms with van der Waals surface area (Å²) in [6, 6.07) is 0. The second-order valence-corrected chi connectivity index (χ2v) is 3.90. The van der Waals surface area contributed by atoms with Gasteiger partial charge < -0.3 is 14.2 Å². The van der Waals surface area contributed by atoms with Crippen LogP contribution in [0.4, 0.5) is 0 Å². The zero-order valence-corrected chi connectivity index (χ0v) is 9.89. The minimum absolute atomic E-state index is 0.0659. The monoisotopic (exact) mass is 230 g/mol. The van der Waals surface area contributed by atoms with Gasteiger partial charge in [0.15, 0.2) is 6.10 Å². The lowest BCUT2D eigenvalue weighted by molar-refractivity contribution is -0.187. The van der Waals surface area contributed by atoms with Crippen molar-refractivity contribution in [3.05, 3.63) is 0 Å². The topological polar surface area (TPSA) is 61.8 Å². The number of esters is 2. The molecule has 1 fully saturated rings. The van der Waals surface area contributed by atoms with E-state index in [1.54, 1.807) is 0 Å². The van der Waals surface area contributed by atoms with Gasteiger partial charge in [-0.05, 0) is 6.42 Å². The highest BCUT2D eigenvalue weighted by Gasteiger charge is 2.34. The molecule has 5 heteroatoms. The van der Waals surface area contributed by atoms with E-state index in [1.807, 2.05) is 6.92 Å². The van der Waals surface area contributed by atoms with Gasteiger partial charge in [-0.2, -0.15) is 0 Å². The molecule has 0 saturated carbocycles. The summed E-state index contributed by atoms with van der Waals surface area (Å²) >= 11 is 0. The molecule has 0 aromatic rings. The molecular formula is C11H18O5. The van der Waals surface area contributed by atoms with E-state index in [0.29, 0.717) is 6.42 Å². The summed E-state index contributed by atoms with van der Waals surface area (Å²) in [7, 11) is 0. The van der Waals surface area contributed by atoms with Gasteiger partial charge in [-0.25, -0.2) is 0 Å². The number of carbonyl (C=O) groups excluding carboxylic acids is 2. The van der Waals surface area contributed by atoms with Gasteiger partial charge in [-0.15, -0.1) is 0 Å². The fourth-order valence-electron chi connectivity index (χ4n) is 1.76. The Kier molecular flexibility index (Phi) is 4.73. The lowest BCUT2D eigenvalue weighted by Crippen LogP contribution is -2.45. The van der Waals surface area contributed by atoms with Crippen LogP contribution in [0.3, 0.4) is 0 Å². The quantitative estimate of drug-likeness (QED) is 0.678. The van der Waals surface area contributed by atoms with Gasteiger partial charge in [0.1, 0.15) is 6.10 Å². The Morgan fingerprint density at radius 1 is 1.19 bits per heavy atom. The molecule has 0 N–H and O–H groups in total. The van der Waals surface area contributed by atoms with E-state index >= 15 is 0 Å². The Labute approximate surface area is 95.0 Å². The normalized spacial score (nSPS) is 29.6. The molecule has 92 valence electrons. The Balaban J connectivity index is 2.59. The Hall–Kier alpha value is -1.10. The van der Waals surface area contributed by atoms with Crippen molar-refractivity contribution in [1.82, 2.24) is 0 Å². The van der Waals surface area contributed by atoms with Gasteiger partial charge in [-0.1, -0.05) is 6.92 Å². The van der Waals surface area contributed by atoms with Crippen molar-refractivity contribution in [3.63, 3.8) is 0 Å². The Morgan fingerprint density at radius 2 is 1.75 bits per heavy atom. The highest BCUT2D eigenvalue weighted by Crippen LogP contribution is 2.22. The zero-order chi connectivity index (χ0) is 12.1. The second kappa shape index (κ2) is 5.84. The minimum atomic E-state index is -0.482. The maximum absolute atomic E-state index is 10.9. The summed E-state index contributed by atoms with van der Waals surface area (Å²) in [4.78, 5) is 21.8. The van der Waals surface area contributed by atoms with Gasteiger partial charge in [0.25, 0.3) is 0 Å². The van der Waals surface area contributed by atoms with Crippen molar-refractivity contribution in [2.45, 2.75) is 51.9 Å². The van der Waals surface area contributed by atoms with Crippen molar-refractivity contribution in [2.24, 2.45) is 0 Å². The van der Waals surface area contributed by atoms with Crippen LogP contribution in [0, 0.1) is 0 Å². The van der Waals surface area contributed by atoms with Crippen LogP contribution in [-0.4, -0.2) is 36.9 Å². The van der Waals surface area contributed by atoms with Crippen LogP contribution in [-0.2, 0) is 23.8 Å². The molecule has 1 rings (SSSR count). The van der Waals surface area contributed by atoms with Crippen LogP contribution in [0.2, 0.25) is 0 Å². The molecule has 16 heavy (non-hydrogen) atoms. The fourth-order valence-corrected chi connectivity index (χ4v) is 1.76. The molecule has 1 aliphatic rings. The molecule has 0 aromatic carbocycles. The molecule has 1 aliphatic heterocycles. The van der Waals surface area contributed by atoms with Crippen LogP contribution < -0.4 is 0 Å². The number of hydrogen-bond donors (Lipinski definition) is 0. The predicted molar refractivity (Wildman–Crippen MR) is 55.8 cm³/mol. The minimum Gasteiger partial charge on any atom is -0.458 e. The maximum Gasteiger partial charge on any atom is 0.303 e. The molecule has 0 amide bonds. The first kappa shape index (κ1) is 13.0. The third-order valence-electron chi connectivity index (χ3n) is 2.50. The van der Waals surface area contributed by atoms with Crippen LogP contribution in [0.15, 0.2) is 0 Å². The summed E-state index contributed by atoms with van der Waals surface area (Å²) in [6.45, 7) is 4.97. The van der Waals surface area contributed by atoms with Crippen LogP contribution >= 0.6 is 0 Å². The first-order chi connectivity index (χ1) is 7.52. The van der Waals surface area contributed by atoms with E-state index < -0.39 is 6.10 Å². The molecule has 0 bridgehead atoms. The van der Waals surface area contributed by atoms with E-state index in [1.165, 1.54) is 13.8 Å². The van der Waals surface area contributed by atoms with Crippen molar-refractivity contribution in [2.75, 3.05) is 6.61 Å². The van der Waals surface area contributed by atoms with Crippen LogP contribution in [0.1, 0.15) is 33.6 Å². The average molecular weight is 230 g/mol. The van der Waals surface area contributed by atoms with E-state index in [-0.39, 0.29) is 30.8 Å². The first-order valence-corrected chi connectivity index (χ1v) is 5.49. The van der Waals surface area contributed by atoms with Gasteiger partial charge in [-0.3, -0.25) is 9.59 Å². The summed E-state index contributed by atoms with van der Waals surface area (Å²) in [6.07, 6.45) is 0.624. The van der Waals surface area contributed by atoms with E-state index in [0.717, 1.165) is 6.42 Å². The lowest BCUT2D eigenvalue weighted by atomic mass is 10.0. The van der Waals surface area contributed by atoms with E-state index in [4.69, 9.17) is 14.2 Å². The Morgan fingerprint density at radius 3 is 2.25 bits per heavy atom. The van der Waals surface area contributed by atoms with Gasteiger partial charge in [0.05, 0.1) is 12.7 Å². The van der Waals surface area contributed by atoms with Crippen molar-refractivity contribution in [3.8, 4) is 0 Å². The molecule has 0 aromatic heterocycles. The smallest absolute Gasteiger partial charge is 0.303 e. The number of hydrogen-bond acceptors (Lipinski definition) is 5. The van der Waals surface area contributed by atoms with Crippen molar-refractivity contribution < 1.29 is 23.8 Å². The van der Waals surface area contributed by atoms with Crippen LogP contribution in [0.5, 0.6) is 0 Å². The molecule has 0 aliphatic carbocycles. The molecule has 0 radical (unpaired) electrons. The molecule has 3 atom stereocenters. The van der Waals surface area contributed by atoms with E-state index in [2.05, 4.69) is 0 Å². The summed E-state index contributed by atoms with van der Waals surface area (Å²) < 4.78 is 15.7. The van der Waals surface area contributed by atoms with E-state index in [9.17, 15) is 9.59 Å². The molecule has 1 heterocycles. The maximum atomic E-state index is 10.9. The van der Waals surface area contributed by atoms with Gasteiger partial charge in [0.2, 0.25) is 0 Å². The number of rotatable bonds is 3. The third-order valence-corrected chi connectivity index (χ3v) is 2.50. The molecule has 3 unspecified atom stereocenters. The lowest BCUT2D eigenvalue weighted by Gasteiger charge is -2.34.